The fraction of sp³-hybridized carbons (Fsp3) is 0. The first-order valence-corrected chi connectivity index (χ1v) is 17.5. The molecule has 0 unspecified atom stereocenters. The Labute approximate surface area is 334 Å². The smallest absolute Gasteiger partial charge is 0.0645 e. The van der Waals surface area contributed by atoms with Crippen molar-refractivity contribution in [3.8, 4) is 33.4 Å². The van der Waals surface area contributed by atoms with Gasteiger partial charge in [0.15, 0.2) is 0 Å². The van der Waals surface area contributed by atoms with Gasteiger partial charge in [0.05, 0.1) is 22.1 Å². The molecule has 9 aromatic carbocycles. The quantitative estimate of drug-likeness (QED) is 0.148. The van der Waals surface area contributed by atoms with E-state index in [9.17, 15) is 16.4 Å². The average molecular weight is 703 g/mol. The van der Waals surface area contributed by atoms with Gasteiger partial charge in [-0.1, -0.05) is 164 Å². The van der Waals surface area contributed by atoms with Gasteiger partial charge in [-0.05, 0) is 105 Å². The molecular weight excluding hydrogens is 653 g/mol. The summed E-state index contributed by atoms with van der Waals surface area (Å²) in [6, 6.07) is 40.7. The van der Waals surface area contributed by atoms with E-state index in [4.69, 9.17) is 0 Å². The summed E-state index contributed by atoms with van der Waals surface area (Å²) >= 11 is 0. The number of nitrogens with zero attached hydrogens (tertiary/aromatic N) is 2. The summed E-state index contributed by atoms with van der Waals surface area (Å²) in [4.78, 5) is 3.25. The topological polar surface area (TPSA) is 6.48 Å². The van der Waals surface area contributed by atoms with Crippen LogP contribution in [0.1, 0.15) is 16.4 Å². The van der Waals surface area contributed by atoms with Gasteiger partial charge in [-0.3, -0.25) is 0 Å². The highest BCUT2D eigenvalue weighted by atomic mass is 15.1. The van der Waals surface area contributed by atoms with Gasteiger partial charge < -0.3 is 9.80 Å². The third-order valence-corrected chi connectivity index (χ3v) is 9.05. The van der Waals surface area contributed by atoms with E-state index in [1.807, 2.05) is 84.9 Å². The van der Waals surface area contributed by atoms with E-state index in [-0.39, 0.29) is 11.4 Å². The molecule has 0 saturated heterocycles. The molecule has 0 N–H and O–H groups in total. The van der Waals surface area contributed by atoms with E-state index in [1.165, 1.54) is 0 Å². The van der Waals surface area contributed by atoms with Crippen LogP contribution in [0.4, 0.5) is 34.1 Å². The van der Waals surface area contributed by atoms with Crippen molar-refractivity contribution in [2.75, 3.05) is 9.80 Å². The van der Waals surface area contributed by atoms with Crippen LogP contribution in [-0.2, 0) is 0 Å². The lowest BCUT2D eigenvalue weighted by Gasteiger charge is -2.29. The molecule has 0 aromatic heterocycles. The van der Waals surface area contributed by atoms with E-state index < -0.39 is 94.8 Å². The molecule has 9 rings (SSSR count). The highest BCUT2D eigenvalue weighted by Crippen LogP contribution is 2.44. The number of hydrogen-bond donors (Lipinski definition) is 0. The molecule has 2 nitrogen and oxygen atoms in total. The van der Waals surface area contributed by atoms with Crippen LogP contribution in [0.5, 0.6) is 0 Å². The molecule has 0 heterocycles. The average Bonchev–Trinajstić information content (AvgIpc) is 3.35. The van der Waals surface area contributed by atoms with Gasteiger partial charge in [0.2, 0.25) is 0 Å². The molecule has 0 radical (unpaired) electrons. The minimum atomic E-state index is -0.739. The summed E-state index contributed by atoms with van der Waals surface area (Å²) in [5.74, 6) is 0. The lowest BCUT2D eigenvalue weighted by atomic mass is 9.95. The molecule has 0 atom stereocenters. The summed E-state index contributed by atoms with van der Waals surface area (Å²) in [7, 11) is 0. The summed E-state index contributed by atoms with van der Waals surface area (Å²) in [6.45, 7) is 0. The van der Waals surface area contributed by atoms with Crippen LogP contribution in [0, 0.1) is 0 Å². The largest absolute Gasteiger partial charge is 0.311 e. The maximum atomic E-state index is 9.55. The predicted molar refractivity (Wildman–Crippen MR) is 230 cm³/mol. The SMILES string of the molecule is [2H]c1c([2H])c(-c2c([2H])c([2H])c(N(c3ccccc3)c3ccc4ccccc4c3-c3ccccc3)c([2H])c2[2H])c([2H])c([2H])c1-c1c([2H])c([2H])c(N(c2ccccc2)c2ccccc2)c([2H])c1[2H]. The molecule has 0 saturated carbocycles. The Morgan fingerprint density at radius 2 is 0.648 bits per heavy atom. The first kappa shape index (κ1) is 22.0. The maximum absolute atomic E-state index is 9.55. The van der Waals surface area contributed by atoms with Crippen LogP contribution in [0.15, 0.2) is 230 Å². The molecule has 0 amide bonds. The second-order valence-corrected chi connectivity index (χ2v) is 12.4. The highest BCUT2D eigenvalue weighted by Gasteiger charge is 2.19. The van der Waals surface area contributed by atoms with Crippen molar-refractivity contribution in [2.45, 2.75) is 0 Å². The normalized spacial score (nSPS) is 14.1. The Morgan fingerprint density at radius 1 is 0.278 bits per heavy atom. The predicted octanol–water partition coefficient (Wildman–Crippen LogP) is 14.8. The Morgan fingerprint density at radius 3 is 1.13 bits per heavy atom. The number of fused-ring (bicyclic) bond motifs is 1. The van der Waals surface area contributed by atoms with Crippen LogP contribution < -0.4 is 9.80 Å². The third kappa shape index (κ3) is 6.53. The molecular formula is C52H38N2. The minimum absolute atomic E-state index is 0.0918. The van der Waals surface area contributed by atoms with E-state index in [1.54, 1.807) is 82.6 Å². The van der Waals surface area contributed by atoms with E-state index in [0.717, 1.165) is 21.9 Å². The zero-order valence-electron chi connectivity index (χ0n) is 40.9. The molecule has 0 aliphatic rings. The summed E-state index contributed by atoms with van der Waals surface area (Å²) < 4.78 is 112. The van der Waals surface area contributed by atoms with Crippen molar-refractivity contribution in [1.29, 1.82) is 0 Å². The minimum Gasteiger partial charge on any atom is -0.311 e. The Balaban J connectivity index is 1.24. The van der Waals surface area contributed by atoms with Gasteiger partial charge in [-0.25, -0.2) is 0 Å². The maximum Gasteiger partial charge on any atom is 0.0645 e. The van der Waals surface area contributed by atoms with Gasteiger partial charge >= 0.3 is 0 Å². The fourth-order valence-corrected chi connectivity index (χ4v) is 6.53. The molecule has 0 bridgehead atoms. The van der Waals surface area contributed by atoms with Crippen molar-refractivity contribution in [2.24, 2.45) is 0 Å². The number of anilines is 6. The van der Waals surface area contributed by atoms with Crippen LogP contribution >= 0.6 is 0 Å². The van der Waals surface area contributed by atoms with Crippen molar-refractivity contribution < 1.29 is 16.4 Å². The number of benzene rings is 9. The standard InChI is InChI=1S/C52H38N2/c1-5-16-44(17-6-1)52-50-24-14-13-15-43(50)33-38-51(52)54(47-22-11-4-12-23-47)49-36-31-42(32-37-49)40-27-25-39(26-28-40)41-29-34-48(35-30-41)53(45-18-7-2-8-19-45)46-20-9-3-10-21-46/h1-38H/i25D,26D,27D,28D,29D,30D,31D,32D,34D,35D,36D,37D. The number of para-hydroxylation sites is 3. The zero-order chi connectivity index (χ0) is 46.6. The molecule has 0 aliphatic carbocycles. The van der Waals surface area contributed by atoms with E-state index in [2.05, 4.69) is 0 Å². The van der Waals surface area contributed by atoms with E-state index >= 15 is 0 Å². The number of rotatable bonds is 9. The van der Waals surface area contributed by atoms with Crippen molar-refractivity contribution in [1.82, 2.24) is 0 Å². The molecule has 9 aromatic rings. The molecule has 2 heteroatoms. The molecule has 0 spiro atoms. The summed E-state index contributed by atoms with van der Waals surface area (Å²) in [5.41, 5.74) is 1.69. The van der Waals surface area contributed by atoms with Gasteiger partial charge in [0.25, 0.3) is 0 Å². The van der Waals surface area contributed by atoms with Crippen LogP contribution in [0.3, 0.4) is 0 Å². The van der Waals surface area contributed by atoms with Crippen LogP contribution in [-0.4, -0.2) is 0 Å². The van der Waals surface area contributed by atoms with Crippen molar-refractivity contribution in [3.63, 3.8) is 0 Å². The highest BCUT2D eigenvalue weighted by molar-refractivity contribution is 6.05. The van der Waals surface area contributed by atoms with Gasteiger partial charge in [-0.2, -0.15) is 0 Å². The van der Waals surface area contributed by atoms with Crippen molar-refractivity contribution in [3.05, 3.63) is 230 Å². The second-order valence-electron chi connectivity index (χ2n) is 12.4. The molecule has 54 heavy (non-hydrogen) atoms. The monoisotopic (exact) mass is 702 g/mol. The molecule has 256 valence electrons. The number of hydrogen-bond acceptors (Lipinski definition) is 2. The summed E-state index contributed by atoms with van der Waals surface area (Å²) in [5, 5.41) is 1.83. The lowest BCUT2D eigenvalue weighted by Crippen LogP contribution is -2.11. The first-order valence-electron chi connectivity index (χ1n) is 23.5. The first-order chi connectivity index (χ1) is 31.8. The van der Waals surface area contributed by atoms with Gasteiger partial charge in [0, 0.05) is 34.0 Å². The second kappa shape index (κ2) is 14.8. The van der Waals surface area contributed by atoms with Crippen LogP contribution in [0.25, 0.3) is 44.2 Å². The Kier molecular flexibility index (Phi) is 6.05. The van der Waals surface area contributed by atoms with E-state index in [0.29, 0.717) is 22.7 Å². The van der Waals surface area contributed by atoms with Crippen LogP contribution in [0.2, 0.25) is 0 Å². The lowest BCUT2D eigenvalue weighted by molar-refractivity contribution is 1.28. The van der Waals surface area contributed by atoms with Gasteiger partial charge in [-0.15, -0.1) is 0 Å². The van der Waals surface area contributed by atoms with Gasteiger partial charge in [0.1, 0.15) is 0 Å². The third-order valence-electron chi connectivity index (χ3n) is 9.05. The summed E-state index contributed by atoms with van der Waals surface area (Å²) in [6.07, 6.45) is 0. The van der Waals surface area contributed by atoms with Crippen molar-refractivity contribution >= 4 is 44.9 Å². The molecule has 0 aliphatic heterocycles. The Hall–Kier alpha value is -7.16. The zero-order valence-corrected chi connectivity index (χ0v) is 28.9. The molecule has 0 fully saturated rings. The Bertz CT molecular complexity index is 3210. The fourth-order valence-electron chi connectivity index (χ4n) is 6.53.